The van der Waals surface area contributed by atoms with Crippen LogP contribution in [0.3, 0.4) is 0 Å². The van der Waals surface area contributed by atoms with Gasteiger partial charge in [0.05, 0.1) is 23.0 Å². The SMILES string of the molecule is CNc1cc(Cl)ncc1C(N)=Nc1c(C)ccc2c1cnn2C1CCCCO1. The summed E-state index contributed by atoms with van der Waals surface area (Å²) in [5.41, 5.74) is 10.6. The molecule has 1 aromatic carbocycles. The molecule has 0 spiro atoms. The molecule has 1 fully saturated rings. The third kappa shape index (κ3) is 3.43. The topological polar surface area (TPSA) is 90.4 Å². The van der Waals surface area contributed by atoms with Crippen LogP contribution >= 0.6 is 11.6 Å². The van der Waals surface area contributed by atoms with E-state index >= 15 is 0 Å². The van der Waals surface area contributed by atoms with E-state index in [0.29, 0.717) is 16.6 Å². The third-order valence-corrected chi connectivity index (χ3v) is 5.24. The van der Waals surface area contributed by atoms with E-state index < -0.39 is 0 Å². The van der Waals surface area contributed by atoms with Crippen LogP contribution in [0.2, 0.25) is 5.15 Å². The van der Waals surface area contributed by atoms with Crippen molar-refractivity contribution in [2.45, 2.75) is 32.4 Å². The molecule has 1 unspecified atom stereocenters. The normalized spacial score (nSPS) is 17.8. The summed E-state index contributed by atoms with van der Waals surface area (Å²) in [6, 6.07) is 5.83. The maximum atomic E-state index is 6.34. The lowest BCUT2D eigenvalue weighted by Crippen LogP contribution is -2.18. The Bertz CT molecular complexity index is 1040. The fourth-order valence-electron chi connectivity index (χ4n) is 3.53. The van der Waals surface area contributed by atoms with Crippen LogP contribution in [0.1, 0.15) is 36.6 Å². The number of aromatic nitrogens is 3. The van der Waals surface area contributed by atoms with Crippen molar-refractivity contribution in [3.63, 3.8) is 0 Å². The summed E-state index contributed by atoms with van der Waals surface area (Å²) in [7, 11) is 1.81. The second kappa shape index (κ2) is 7.77. The predicted octanol–water partition coefficient (Wildman–Crippen LogP) is 4.17. The Morgan fingerprint density at radius 2 is 2.21 bits per heavy atom. The van der Waals surface area contributed by atoms with Crippen LogP contribution in [0.25, 0.3) is 10.9 Å². The van der Waals surface area contributed by atoms with Crippen LogP contribution in [0.4, 0.5) is 11.4 Å². The van der Waals surface area contributed by atoms with Crippen LogP contribution < -0.4 is 11.1 Å². The van der Waals surface area contributed by atoms with Gasteiger partial charge in [0.25, 0.3) is 0 Å². The number of amidine groups is 1. The molecule has 0 amide bonds. The van der Waals surface area contributed by atoms with Crippen molar-refractivity contribution in [3.8, 4) is 0 Å². The molecule has 3 N–H and O–H groups in total. The van der Waals surface area contributed by atoms with Gasteiger partial charge in [-0.1, -0.05) is 17.7 Å². The minimum absolute atomic E-state index is 0.0282. The average molecular weight is 399 g/mol. The highest BCUT2D eigenvalue weighted by molar-refractivity contribution is 6.29. The second-order valence-electron chi connectivity index (χ2n) is 6.87. The number of nitrogens with zero attached hydrogens (tertiary/aromatic N) is 4. The van der Waals surface area contributed by atoms with Crippen molar-refractivity contribution < 1.29 is 4.74 Å². The number of halogens is 1. The van der Waals surface area contributed by atoms with E-state index in [1.165, 1.54) is 0 Å². The molecule has 4 rings (SSSR count). The summed E-state index contributed by atoms with van der Waals surface area (Å²) in [6.45, 7) is 2.78. The molecule has 28 heavy (non-hydrogen) atoms. The molecule has 3 heterocycles. The summed E-state index contributed by atoms with van der Waals surface area (Å²) >= 11 is 5.99. The second-order valence-corrected chi connectivity index (χ2v) is 7.26. The van der Waals surface area contributed by atoms with Gasteiger partial charge in [-0.2, -0.15) is 5.10 Å². The standard InChI is InChI=1S/C20H23ClN6O/c1-12-6-7-16-14(11-25-27(16)18-5-3-4-8-28-18)19(12)26-20(22)13-10-24-17(21)9-15(13)23-2/h6-7,9-11,18H,3-5,8H2,1-2H3,(H2,22,26)(H,23,24). The van der Waals surface area contributed by atoms with Crippen LogP contribution in [0, 0.1) is 6.92 Å². The van der Waals surface area contributed by atoms with Crippen LogP contribution in [0.5, 0.6) is 0 Å². The Balaban J connectivity index is 1.79. The Morgan fingerprint density at radius 1 is 1.36 bits per heavy atom. The molecule has 3 aromatic rings. The molecular weight excluding hydrogens is 376 g/mol. The molecule has 146 valence electrons. The number of aryl methyl sites for hydroxylation is 1. The zero-order chi connectivity index (χ0) is 19.7. The zero-order valence-electron chi connectivity index (χ0n) is 15.9. The summed E-state index contributed by atoms with van der Waals surface area (Å²) < 4.78 is 7.85. The van der Waals surface area contributed by atoms with Gasteiger partial charge in [0.1, 0.15) is 11.0 Å². The lowest BCUT2D eigenvalue weighted by atomic mass is 10.1. The van der Waals surface area contributed by atoms with Crippen molar-refractivity contribution >= 4 is 39.7 Å². The van der Waals surface area contributed by atoms with Crippen molar-refractivity contribution in [1.82, 2.24) is 14.8 Å². The van der Waals surface area contributed by atoms with E-state index in [1.807, 2.05) is 30.9 Å². The van der Waals surface area contributed by atoms with Crippen molar-refractivity contribution in [3.05, 3.63) is 46.9 Å². The van der Waals surface area contributed by atoms with Gasteiger partial charge in [0, 0.05) is 30.9 Å². The minimum Gasteiger partial charge on any atom is -0.387 e. The molecular formula is C20H23ClN6O. The van der Waals surface area contributed by atoms with Gasteiger partial charge in [-0.05, 0) is 43.9 Å². The molecule has 1 atom stereocenters. The Kier molecular flexibility index (Phi) is 5.19. The number of fused-ring (bicyclic) bond motifs is 1. The first-order valence-electron chi connectivity index (χ1n) is 9.34. The van der Waals surface area contributed by atoms with E-state index in [4.69, 9.17) is 27.1 Å². The van der Waals surface area contributed by atoms with E-state index in [-0.39, 0.29) is 6.23 Å². The summed E-state index contributed by atoms with van der Waals surface area (Å²) in [5.74, 6) is 0.366. The molecule has 0 saturated carbocycles. The molecule has 1 saturated heterocycles. The Labute approximate surface area is 168 Å². The van der Waals surface area contributed by atoms with Crippen molar-refractivity contribution in [1.29, 1.82) is 0 Å². The first-order chi connectivity index (χ1) is 13.6. The molecule has 1 aliphatic rings. The number of nitrogens with two attached hydrogens (primary N) is 1. The average Bonchev–Trinajstić information content (AvgIpc) is 3.14. The van der Waals surface area contributed by atoms with Crippen molar-refractivity contribution in [2.75, 3.05) is 19.0 Å². The molecule has 1 aliphatic heterocycles. The highest BCUT2D eigenvalue weighted by Gasteiger charge is 2.20. The monoisotopic (exact) mass is 398 g/mol. The fourth-order valence-corrected chi connectivity index (χ4v) is 3.69. The quantitative estimate of drug-likeness (QED) is 0.391. The summed E-state index contributed by atoms with van der Waals surface area (Å²) in [4.78, 5) is 8.86. The fraction of sp³-hybridized carbons (Fsp3) is 0.350. The van der Waals surface area contributed by atoms with Gasteiger partial charge in [-0.15, -0.1) is 0 Å². The van der Waals surface area contributed by atoms with Crippen LogP contribution in [-0.2, 0) is 4.74 Å². The lowest BCUT2D eigenvalue weighted by Gasteiger charge is -2.23. The van der Waals surface area contributed by atoms with Crippen molar-refractivity contribution in [2.24, 2.45) is 10.7 Å². The van der Waals surface area contributed by atoms with Crippen LogP contribution in [0.15, 0.2) is 35.6 Å². The number of anilines is 1. The molecule has 0 radical (unpaired) electrons. The van der Waals surface area contributed by atoms with Gasteiger partial charge < -0.3 is 15.8 Å². The number of hydrogen-bond donors (Lipinski definition) is 2. The third-order valence-electron chi connectivity index (χ3n) is 5.03. The van der Waals surface area contributed by atoms with Gasteiger partial charge >= 0.3 is 0 Å². The number of rotatable bonds is 4. The molecule has 0 bridgehead atoms. The largest absolute Gasteiger partial charge is 0.387 e. The van der Waals surface area contributed by atoms with E-state index in [2.05, 4.69) is 21.5 Å². The number of nitrogens with one attached hydrogen (secondary N) is 1. The van der Waals surface area contributed by atoms with Gasteiger partial charge in [-0.3, -0.25) is 0 Å². The number of pyridine rings is 1. The highest BCUT2D eigenvalue weighted by atomic mass is 35.5. The maximum absolute atomic E-state index is 6.34. The Morgan fingerprint density at radius 3 is 2.96 bits per heavy atom. The Hall–Kier alpha value is -2.64. The predicted molar refractivity (Wildman–Crippen MR) is 112 cm³/mol. The summed E-state index contributed by atoms with van der Waals surface area (Å²) in [6.07, 6.45) is 6.65. The van der Waals surface area contributed by atoms with E-state index in [0.717, 1.165) is 53.7 Å². The molecule has 8 heteroatoms. The highest BCUT2D eigenvalue weighted by Crippen LogP contribution is 2.33. The number of benzene rings is 1. The molecule has 7 nitrogen and oxygen atoms in total. The molecule has 2 aromatic heterocycles. The smallest absolute Gasteiger partial charge is 0.150 e. The van der Waals surface area contributed by atoms with Gasteiger partial charge in [0.15, 0.2) is 6.23 Å². The number of ether oxygens (including phenoxy) is 1. The number of aliphatic imine (C=N–C) groups is 1. The van der Waals surface area contributed by atoms with Crippen LogP contribution in [-0.4, -0.2) is 34.3 Å². The first-order valence-corrected chi connectivity index (χ1v) is 9.72. The minimum atomic E-state index is -0.0282. The summed E-state index contributed by atoms with van der Waals surface area (Å²) in [5, 5.41) is 9.01. The van der Waals surface area contributed by atoms with Gasteiger partial charge in [0.2, 0.25) is 0 Å². The van der Waals surface area contributed by atoms with E-state index in [1.54, 1.807) is 12.3 Å². The maximum Gasteiger partial charge on any atom is 0.150 e. The molecule has 0 aliphatic carbocycles. The van der Waals surface area contributed by atoms with E-state index in [9.17, 15) is 0 Å². The first kappa shape index (κ1) is 18.7. The number of hydrogen-bond acceptors (Lipinski definition) is 5. The van der Waals surface area contributed by atoms with Gasteiger partial charge in [-0.25, -0.2) is 14.7 Å². The zero-order valence-corrected chi connectivity index (χ0v) is 16.7. The lowest BCUT2D eigenvalue weighted by molar-refractivity contribution is -0.0366.